The second kappa shape index (κ2) is 6.92. The van der Waals surface area contributed by atoms with Crippen LogP contribution in [0.4, 0.5) is 0 Å². The average Bonchev–Trinajstić information content (AvgIpc) is 2.58. The van der Waals surface area contributed by atoms with Crippen LogP contribution in [0, 0.1) is 0 Å². The third-order valence-corrected chi connectivity index (χ3v) is 6.08. The number of hydrogen-bond acceptors (Lipinski definition) is 5. The van der Waals surface area contributed by atoms with Crippen LogP contribution in [0.3, 0.4) is 0 Å². The Kier molecular flexibility index (Phi) is 4.91. The Morgan fingerprint density at radius 3 is 2.43 bits per heavy atom. The Hall–Kier alpha value is -1.54. The van der Waals surface area contributed by atoms with Gasteiger partial charge in [-0.1, -0.05) is 11.6 Å². The number of rotatable bonds is 4. The van der Waals surface area contributed by atoms with Crippen molar-refractivity contribution in [3.05, 3.63) is 53.6 Å². The molecule has 23 heavy (non-hydrogen) atoms. The molecule has 0 aromatic carbocycles. The molecule has 0 amide bonds. The first-order valence-electron chi connectivity index (χ1n) is 7.28. The topological polar surface area (TPSA) is 66.4 Å². The van der Waals surface area contributed by atoms with Crippen LogP contribution >= 0.6 is 11.6 Å². The summed E-state index contributed by atoms with van der Waals surface area (Å²) in [6, 6.07) is 5.10. The predicted molar refractivity (Wildman–Crippen MR) is 87.5 cm³/mol. The monoisotopic (exact) mass is 352 g/mol. The highest BCUT2D eigenvalue weighted by molar-refractivity contribution is 7.89. The third-order valence-electron chi connectivity index (χ3n) is 3.85. The molecule has 6 nitrogen and oxygen atoms in total. The zero-order valence-corrected chi connectivity index (χ0v) is 14.0. The first-order valence-corrected chi connectivity index (χ1v) is 9.10. The van der Waals surface area contributed by atoms with E-state index in [1.54, 1.807) is 30.7 Å². The summed E-state index contributed by atoms with van der Waals surface area (Å²) in [5, 5.41) is 0.637. The molecule has 0 atom stereocenters. The lowest BCUT2D eigenvalue weighted by Crippen LogP contribution is -2.48. The number of sulfonamides is 1. The van der Waals surface area contributed by atoms with Gasteiger partial charge in [0.25, 0.3) is 0 Å². The van der Waals surface area contributed by atoms with Crippen molar-refractivity contribution in [1.29, 1.82) is 0 Å². The van der Waals surface area contributed by atoms with E-state index >= 15 is 0 Å². The van der Waals surface area contributed by atoms with E-state index < -0.39 is 10.0 Å². The van der Waals surface area contributed by atoms with E-state index in [0.29, 0.717) is 37.7 Å². The number of pyridine rings is 2. The normalized spacial score (nSPS) is 17.3. The second-order valence-corrected chi connectivity index (χ2v) is 7.68. The highest BCUT2D eigenvalue weighted by Crippen LogP contribution is 2.19. The van der Waals surface area contributed by atoms with E-state index in [4.69, 9.17) is 11.6 Å². The molecule has 8 heteroatoms. The molecule has 1 aliphatic rings. The van der Waals surface area contributed by atoms with E-state index in [2.05, 4.69) is 14.9 Å². The van der Waals surface area contributed by atoms with Gasteiger partial charge < -0.3 is 0 Å². The standard InChI is InChI=1S/C15H17ClN4O2S/c16-15-11-18-5-3-13(15)12-19-6-8-20(9-7-19)23(21,22)14-2-1-4-17-10-14/h1-5,10-11H,6-9,12H2. The predicted octanol–water partition coefficient (Wildman–Crippen LogP) is 1.64. The Labute approximate surface area is 140 Å². The van der Waals surface area contributed by atoms with Gasteiger partial charge in [-0.05, 0) is 23.8 Å². The van der Waals surface area contributed by atoms with E-state index in [9.17, 15) is 8.42 Å². The zero-order chi connectivity index (χ0) is 16.3. The summed E-state index contributed by atoms with van der Waals surface area (Å²) in [5.74, 6) is 0. The molecule has 122 valence electrons. The summed E-state index contributed by atoms with van der Waals surface area (Å²) in [5.41, 5.74) is 1.00. The third kappa shape index (κ3) is 3.69. The maximum absolute atomic E-state index is 12.5. The fourth-order valence-electron chi connectivity index (χ4n) is 2.55. The molecule has 3 heterocycles. The quantitative estimate of drug-likeness (QED) is 0.836. The molecule has 2 aromatic rings. The van der Waals surface area contributed by atoms with Crippen LogP contribution in [0.1, 0.15) is 5.56 Å². The molecule has 1 aliphatic heterocycles. The molecule has 3 rings (SSSR count). The zero-order valence-electron chi connectivity index (χ0n) is 12.5. The molecular weight excluding hydrogens is 336 g/mol. The van der Waals surface area contributed by atoms with Gasteiger partial charge in [0.1, 0.15) is 4.90 Å². The van der Waals surface area contributed by atoms with Gasteiger partial charge in [0.2, 0.25) is 10.0 Å². The average molecular weight is 353 g/mol. The molecule has 0 spiro atoms. The molecular formula is C15H17ClN4O2S. The fourth-order valence-corrected chi connectivity index (χ4v) is 4.12. The fraction of sp³-hybridized carbons (Fsp3) is 0.333. The maximum atomic E-state index is 12.5. The lowest BCUT2D eigenvalue weighted by Gasteiger charge is -2.34. The molecule has 0 saturated carbocycles. The van der Waals surface area contributed by atoms with Crippen molar-refractivity contribution in [2.45, 2.75) is 11.4 Å². The summed E-state index contributed by atoms with van der Waals surface area (Å²) >= 11 is 6.12. The van der Waals surface area contributed by atoms with Gasteiger partial charge in [0, 0.05) is 57.5 Å². The molecule has 1 saturated heterocycles. The van der Waals surface area contributed by atoms with Gasteiger partial charge in [-0.15, -0.1) is 0 Å². The minimum Gasteiger partial charge on any atom is -0.296 e. The van der Waals surface area contributed by atoms with E-state index in [-0.39, 0.29) is 4.90 Å². The van der Waals surface area contributed by atoms with Gasteiger partial charge in [0.15, 0.2) is 0 Å². The van der Waals surface area contributed by atoms with Crippen molar-refractivity contribution in [2.75, 3.05) is 26.2 Å². The van der Waals surface area contributed by atoms with Crippen LogP contribution in [-0.2, 0) is 16.6 Å². The Bertz CT molecular complexity index is 762. The van der Waals surface area contributed by atoms with Crippen LogP contribution in [-0.4, -0.2) is 53.8 Å². The minimum absolute atomic E-state index is 0.241. The van der Waals surface area contributed by atoms with Crippen LogP contribution < -0.4 is 0 Å². The van der Waals surface area contributed by atoms with E-state index in [1.807, 2.05) is 6.07 Å². The van der Waals surface area contributed by atoms with Crippen LogP contribution in [0.2, 0.25) is 5.02 Å². The lowest BCUT2D eigenvalue weighted by molar-refractivity contribution is 0.181. The number of nitrogens with zero attached hydrogens (tertiary/aromatic N) is 4. The Morgan fingerprint density at radius 1 is 1.04 bits per heavy atom. The molecule has 0 bridgehead atoms. The summed E-state index contributed by atoms with van der Waals surface area (Å²) in [6.07, 6.45) is 6.29. The summed E-state index contributed by atoms with van der Waals surface area (Å²) in [7, 11) is -3.46. The number of hydrogen-bond donors (Lipinski definition) is 0. The molecule has 0 unspecified atom stereocenters. The van der Waals surface area contributed by atoms with Crippen molar-refractivity contribution in [1.82, 2.24) is 19.2 Å². The van der Waals surface area contributed by atoms with Crippen molar-refractivity contribution < 1.29 is 8.42 Å². The van der Waals surface area contributed by atoms with E-state index in [1.165, 1.54) is 10.5 Å². The minimum atomic E-state index is -3.46. The van der Waals surface area contributed by atoms with Crippen LogP contribution in [0.5, 0.6) is 0 Å². The summed E-state index contributed by atoms with van der Waals surface area (Å²) in [4.78, 5) is 10.3. The van der Waals surface area contributed by atoms with Gasteiger partial charge in [0.05, 0.1) is 5.02 Å². The smallest absolute Gasteiger partial charge is 0.244 e. The van der Waals surface area contributed by atoms with Crippen molar-refractivity contribution in [3.8, 4) is 0 Å². The van der Waals surface area contributed by atoms with Crippen molar-refractivity contribution >= 4 is 21.6 Å². The Morgan fingerprint density at radius 2 is 1.78 bits per heavy atom. The largest absolute Gasteiger partial charge is 0.296 e. The van der Waals surface area contributed by atoms with Gasteiger partial charge in [-0.25, -0.2) is 8.42 Å². The summed E-state index contributed by atoms with van der Waals surface area (Å²) in [6.45, 7) is 2.94. The van der Waals surface area contributed by atoms with Crippen LogP contribution in [0.15, 0.2) is 47.9 Å². The second-order valence-electron chi connectivity index (χ2n) is 5.34. The first kappa shape index (κ1) is 16.3. The molecule has 1 fully saturated rings. The van der Waals surface area contributed by atoms with Crippen molar-refractivity contribution in [3.63, 3.8) is 0 Å². The Balaban J connectivity index is 1.64. The maximum Gasteiger partial charge on any atom is 0.244 e. The van der Waals surface area contributed by atoms with Crippen LogP contribution in [0.25, 0.3) is 0 Å². The number of aromatic nitrogens is 2. The highest BCUT2D eigenvalue weighted by Gasteiger charge is 2.28. The number of halogens is 1. The van der Waals surface area contributed by atoms with Gasteiger partial charge >= 0.3 is 0 Å². The van der Waals surface area contributed by atoms with Gasteiger partial charge in [-0.2, -0.15) is 4.31 Å². The molecule has 0 radical (unpaired) electrons. The lowest BCUT2D eigenvalue weighted by atomic mass is 10.2. The SMILES string of the molecule is O=S(=O)(c1cccnc1)N1CCN(Cc2ccncc2Cl)CC1. The van der Waals surface area contributed by atoms with Gasteiger partial charge in [-0.3, -0.25) is 14.9 Å². The highest BCUT2D eigenvalue weighted by atomic mass is 35.5. The van der Waals surface area contributed by atoms with E-state index in [0.717, 1.165) is 5.56 Å². The number of piperazine rings is 1. The molecule has 2 aromatic heterocycles. The molecule has 0 aliphatic carbocycles. The summed E-state index contributed by atoms with van der Waals surface area (Å²) < 4.78 is 26.6. The van der Waals surface area contributed by atoms with Crippen molar-refractivity contribution in [2.24, 2.45) is 0 Å². The molecule has 0 N–H and O–H groups in total. The first-order chi connectivity index (χ1) is 11.1.